The lowest BCUT2D eigenvalue weighted by atomic mass is 10.0. The van der Waals surface area contributed by atoms with Crippen molar-refractivity contribution in [2.45, 2.75) is 78.5 Å². The second-order valence-corrected chi connectivity index (χ2v) is 13.2. The zero-order valence-corrected chi connectivity index (χ0v) is 32.2. The van der Waals surface area contributed by atoms with E-state index in [2.05, 4.69) is 10.6 Å². The lowest BCUT2D eigenvalue weighted by molar-refractivity contribution is -0.170. The number of ether oxygens (including phenoxy) is 7. The van der Waals surface area contributed by atoms with E-state index in [1.54, 1.807) is 100 Å². The largest absolute Gasteiger partial charge is 0.497 e. The summed E-state index contributed by atoms with van der Waals surface area (Å²) in [6, 6.07) is 22.5. The van der Waals surface area contributed by atoms with Crippen LogP contribution in [0.5, 0.6) is 5.75 Å². The molecule has 1 unspecified atom stereocenters. The molecule has 2 amide bonds. The Morgan fingerprint density at radius 1 is 0.518 bits per heavy atom. The Bertz CT molecular complexity index is 1700. The van der Waals surface area contributed by atoms with E-state index in [-0.39, 0.29) is 32.7 Å². The number of hydrogen-bond donors (Lipinski definition) is 2. The average molecular weight is 779 g/mol. The first kappa shape index (κ1) is 44.3. The SMILES string of the molecule is COc1ccc(COC(=O)CCC(=O)OCC(COC(=O)[C@@H](NC(=O)OCc2ccccc2)C(C)C)OC(=O)[C@@H](NC(=O)OCc2ccccc2)C(C)C)cc1. The normalized spacial score (nSPS) is 12.3. The molecule has 0 radical (unpaired) electrons. The third kappa shape index (κ3) is 16.5. The summed E-state index contributed by atoms with van der Waals surface area (Å²) in [6.07, 6.45) is -3.72. The fraction of sp³-hybridized carbons (Fsp3) is 0.415. The molecule has 0 aliphatic heterocycles. The minimum absolute atomic E-state index is 0.0108. The van der Waals surface area contributed by atoms with Gasteiger partial charge in [0.05, 0.1) is 20.0 Å². The smallest absolute Gasteiger partial charge is 0.408 e. The third-order valence-corrected chi connectivity index (χ3v) is 8.03. The van der Waals surface area contributed by atoms with Crippen LogP contribution in [0.15, 0.2) is 84.9 Å². The number of carbonyl (C=O) groups is 6. The van der Waals surface area contributed by atoms with Crippen molar-refractivity contribution in [3.8, 4) is 5.75 Å². The molecule has 0 saturated carbocycles. The highest BCUT2D eigenvalue weighted by Crippen LogP contribution is 2.14. The molecule has 56 heavy (non-hydrogen) atoms. The van der Waals surface area contributed by atoms with Crippen LogP contribution in [0.3, 0.4) is 0 Å². The molecule has 3 aromatic rings. The summed E-state index contributed by atoms with van der Waals surface area (Å²) in [7, 11) is 1.54. The Morgan fingerprint density at radius 2 is 0.946 bits per heavy atom. The number of rotatable bonds is 21. The number of nitrogens with one attached hydrogen (secondary N) is 2. The Balaban J connectivity index is 1.60. The van der Waals surface area contributed by atoms with Crippen LogP contribution in [0.2, 0.25) is 0 Å². The Labute approximate surface area is 326 Å². The van der Waals surface area contributed by atoms with E-state index in [1.165, 1.54) is 7.11 Å². The van der Waals surface area contributed by atoms with E-state index in [0.29, 0.717) is 5.75 Å². The molecule has 0 heterocycles. The molecule has 0 spiro atoms. The second-order valence-electron chi connectivity index (χ2n) is 13.2. The zero-order valence-electron chi connectivity index (χ0n) is 32.2. The standard InChI is InChI=1S/C41H50N2O13/c1-27(2)36(42-40(48)54-23-29-12-8-6-9-13-29)38(46)53-26-33(25-52-35(45)21-20-34(44)51-22-31-16-18-32(50-5)19-17-31)56-39(47)37(28(3)4)43-41(49)55-24-30-14-10-7-11-15-30/h6-19,27-28,33,36-37H,20-26H2,1-5H3,(H,42,48)(H,43,49)/t33?,36-,37-/m0/s1. The van der Waals surface area contributed by atoms with Gasteiger partial charge in [0, 0.05) is 0 Å². The van der Waals surface area contributed by atoms with Gasteiger partial charge >= 0.3 is 36.1 Å². The van der Waals surface area contributed by atoms with Gasteiger partial charge in [0.15, 0.2) is 6.10 Å². The molecular formula is C41H50N2O13. The Kier molecular flexibility index (Phi) is 18.7. The maximum Gasteiger partial charge on any atom is 0.408 e. The monoisotopic (exact) mass is 778 g/mol. The topological polar surface area (TPSA) is 191 Å². The first-order valence-electron chi connectivity index (χ1n) is 18.1. The van der Waals surface area contributed by atoms with Gasteiger partial charge in [-0.05, 0) is 40.7 Å². The molecule has 3 rings (SSSR count). The highest BCUT2D eigenvalue weighted by Gasteiger charge is 2.32. The van der Waals surface area contributed by atoms with Gasteiger partial charge in [-0.1, -0.05) is 100 Å². The molecule has 0 aliphatic rings. The van der Waals surface area contributed by atoms with Gasteiger partial charge in [-0.2, -0.15) is 0 Å². The van der Waals surface area contributed by atoms with Gasteiger partial charge in [-0.15, -0.1) is 0 Å². The van der Waals surface area contributed by atoms with Crippen LogP contribution in [0.4, 0.5) is 9.59 Å². The van der Waals surface area contributed by atoms with Crippen LogP contribution >= 0.6 is 0 Å². The molecule has 302 valence electrons. The van der Waals surface area contributed by atoms with Crippen LogP contribution in [-0.4, -0.2) is 74.6 Å². The van der Waals surface area contributed by atoms with E-state index < -0.39 is 79.3 Å². The summed E-state index contributed by atoms with van der Waals surface area (Å²) < 4.78 is 37.2. The molecule has 0 aliphatic carbocycles. The Hall–Kier alpha value is -6.12. The van der Waals surface area contributed by atoms with E-state index in [0.717, 1.165) is 16.7 Å². The third-order valence-electron chi connectivity index (χ3n) is 8.03. The van der Waals surface area contributed by atoms with E-state index >= 15 is 0 Å². The summed E-state index contributed by atoms with van der Waals surface area (Å²) in [6.45, 7) is 5.46. The summed E-state index contributed by atoms with van der Waals surface area (Å²) >= 11 is 0. The van der Waals surface area contributed by atoms with Gasteiger partial charge in [0.25, 0.3) is 0 Å². The lowest BCUT2D eigenvalue weighted by Crippen LogP contribution is -2.48. The number of esters is 4. The van der Waals surface area contributed by atoms with Gasteiger partial charge in [0.2, 0.25) is 0 Å². The van der Waals surface area contributed by atoms with E-state index in [4.69, 9.17) is 33.2 Å². The molecule has 3 aromatic carbocycles. The highest BCUT2D eigenvalue weighted by atomic mass is 16.6. The van der Waals surface area contributed by atoms with Crippen LogP contribution in [0.25, 0.3) is 0 Å². The van der Waals surface area contributed by atoms with Crippen molar-refractivity contribution >= 4 is 36.1 Å². The quantitative estimate of drug-likeness (QED) is 0.103. The fourth-order valence-electron chi connectivity index (χ4n) is 4.82. The molecule has 0 saturated heterocycles. The second kappa shape index (κ2) is 23.6. The summed E-state index contributed by atoms with van der Waals surface area (Å²) in [5.41, 5.74) is 2.20. The van der Waals surface area contributed by atoms with Crippen molar-refractivity contribution < 1.29 is 61.9 Å². The molecular weight excluding hydrogens is 728 g/mol. The lowest BCUT2D eigenvalue weighted by Gasteiger charge is -2.25. The van der Waals surface area contributed by atoms with E-state index in [9.17, 15) is 28.8 Å². The number of methoxy groups -OCH3 is 1. The minimum atomic E-state index is -1.35. The summed E-state index contributed by atoms with van der Waals surface area (Å²) in [5.74, 6) is -3.51. The zero-order chi connectivity index (χ0) is 40.9. The number of amides is 2. The average Bonchev–Trinajstić information content (AvgIpc) is 3.20. The van der Waals surface area contributed by atoms with Gasteiger partial charge < -0.3 is 43.8 Å². The van der Waals surface area contributed by atoms with Gasteiger partial charge in [-0.25, -0.2) is 19.2 Å². The molecule has 0 aromatic heterocycles. The first-order valence-corrected chi connectivity index (χ1v) is 18.1. The molecule has 0 bridgehead atoms. The predicted molar refractivity (Wildman–Crippen MR) is 201 cm³/mol. The predicted octanol–water partition coefficient (Wildman–Crippen LogP) is 5.42. The van der Waals surface area contributed by atoms with Gasteiger partial charge in [-0.3, -0.25) is 9.59 Å². The van der Waals surface area contributed by atoms with Crippen molar-refractivity contribution in [2.75, 3.05) is 20.3 Å². The number of carbonyl (C=O) groups excluding carboxylic acids is 6. The van der Waals surface area contributed by atoms with Crippen molar-refractivity contribution in [2.24, 2.45) is 11.8 Å². The maximum absolute atomic E-state index is 13.4. The van der Waals surface area contributed by atoms with Crippen molar-refractivity contribution in [3.05, 3.63) is 102 Å². The molecule has 2 N–H and O–H groups in total. The van der Waals surface area contributed by atoms with Crippen LogP contribution < -0.4 is 15.4 Å². The van der Waals surface area contributed by atoms with Crippen LogP contribution in [0, 0.1) is 11.8 Å². The summed E-state index contributed by atoms with van der Waals surface area (Å²) in [5, 5.41) is 4.99. The number of benzene rings is 3. The van der Waals surface area contributed by atoms with E-state index in [1.807, 2.05) is 12.1 Å². The fourth-order valence-corrected chi connectivity index (χ4v) is 4.82. The van der Waals surface area contributed by atoms with Crippen molar-refractivity contribution in [3.63, 3.8) is 0 Å². The number of alkyl carbamates (subject to hydrolysis) is 2. The number of hydrogen-bond acceptors (Lipinski definition) is 13. The van der Waals surface area contributed by atoms with Crippen molar-refractivity contribution in [1.82, 2.24) is 10.6 Å². The highest BCUT2D eigenvalue weighted by molar-refractivity contribution is 5.83. The van der Waals surface area contributed by atoms with Crippen LogP contribution in [0.1, 0.15) is 57.2 Å². The Morgan fingerprint density at radius 3 is 1.43 bits per heavy atom. The maximum atomic E-state index is 13.4. The minimum Gasteiger partial charge on any atom is -0.497 e. The molecule has 15 nitrogen and oxygen atoms in total. The van der Waals surface area contributed by atoms with Crippen LogP contribution in [-0.2, 0) is 67.4 Å². The molecule has 0 fully saturated rings. The first-order chi connectivity index (χ1) is 26.8. The van der Waals surface area contributed by atoms with Crippen molar-refractivity contribution in [1.29, 1.82) is 0 Å². The molecule has 15 heteroatoms. The van der Waals surface area contributed by atoms with Gasteiger partial charge in [0.1, 0.15) is 50.9 Å². The molecule has 3 atom stereocenters. The summed E-state index contributed by atoms with van der Waals surface area (Å²) in [4.78, 5) is 76.7.